The number of ether oxygens (including phenoxy) is 1. The van der Waals surface area contributed by atoms with Crippen molar-refractivity contribution in [3.63, 3.8) is 0 Å². The predicted molar refractivity (Wildman–Crippen MR) is 301 cm³/mol. The van der Waals surface area contributed by atoms with Crippen molar-refractivity contribution >= 4 is 11.9 Å². The van der Waals surface area contributed by atoms with E-state index in [4.69, 9.17) is 4.74 Å². The Labute approximate surface area is 431 Å². The van der Waals surface area contributed by atoms with Crippen molar-refractivity contribution in [3.8, 4) is 0 Å². The molecule has 0 saturated carbocycles. The lowest BCUT2D eigenvalue weighted by Gasteiger charge is -2.20. The van der Waals surface area contributed by atoms with Crippen molar-refractivity contribution in [2.75, 3.05) is 13.2 Å². The third-order valence-corrected chi connectivity index (χ3v) is 14.8. The molecule has 1 amide bonds. The number of aliphatic hydroxyl groups excluding tert-OH is 2. The minimum atomic E-state index is -0.838. The first-order valence-electron chi connectivity index (χ1n) is 31.5. The molecule has 0 aliphatic heterocycles. The molecule has 0 saturated heterocycles. The molecule has 6 nitrogen and oxygen atoms in total. The van der Waals surface area contributed by atoms with Crippen molar-refractivity contribution in [2.45, 2.75) is 366 Å². The highest BCUT2D eigenvalue weighted by Gasteiger charge is 2.18. The van der Waals surface area contributed by atoms with Gasteiger partial charge in [0, 0.05) is 12.8 Å². The van der Waals surface area contributed by atoms with Crippen LogP contribution in [0.5, 0.6) is 0 Å². The van der Waals surface area contributed by atoms with Gasteiger partial charge >= 0.3 is 5.97 Å². The van der Waals surface area contributed by atoms with Crippen molar-refractivity contribution in [1.82, 2.24) is 5.32 Å². The van der Waals surface area contributed by atoms with Crippen LogP contribution < -0.4 is 5.32 Å². The van der Waals surface area contributed by atoms with Gasteiger partial charge in [-0.15, -0.1) is 0 Å². The molecule has 0 fully saturated rings. The van der Waals surface area contributed by atoms with Gasteiger partial charge in [-0.05, 0) is 32.1 Å². The molecule has 0 aromatic heterocycles. The molecule has 0 aliphatic rings. The van der Waals surface area contributed by atoms with Gasteiger partial charge in [-0.25, -0.2) is 0 Å². The van der Waals surface area contributed by atoms with Gasteiger partial charge in [0.2, 0.25) is 5.91 Å². The molecule has 0 aromatic rings. The number of carbonyl (C=O) groups is 2. The van der Waals surface area contributed by atoms with Crippen LogP contribution in [-0.2, 0) is 14.3 Å². The molecule has 0 heterocycles. The van der Waals surface area contributed by atoms with E-state index in [9.17, 15) is 19.8 Å². The lowest BCUT2D eigenvalue weighted by molar-refractivity contribution is -0.143. The lowest BCUT2D eigenvalue weighted by atomic mass is 10.0. The van der Waals surface area contributed by atoms with Gasteiger partial charge in [0.25, 0.3) is 0 Å². The Hall–Kier alpha value is -1.40. The maximum atomic E-state index is 12.4. The molecule has 410 valence electrons. The first kappa shape index (κ1) is 67.6. The highest BCUT2D eigenvalue weighted by molar-refractivity contribution is 5.76. The summed E-state index contributed by atoms with van der Waals surface area (Å²) in [4.78, 5) is 24.4. The van der Waals surface area contributed by atoms with Crippen LogP contribution in [0.3, 0.4) is 0 Å². The van der Waals surface area contributed by atoms with Crippen molar-refractivity contribution in [1.29, 1.82) is 0 Å². The third-order valence-electron chi connectivity index (χ3n) is 14.8. The fraction of sp³-hybridized carbons (Fsp3) is 0.937. The summed E-state index contributed by atoms with van der Waals surface area (Å²) in [6.45, 7) is 4.90. The molecule has 0 aliphatic carbocycles. The summed E-state index contributed by atoms with van der Waals surface area (Å²) in [5, 5.41) is 23.0. The molecule has 6 heteroatoms. The zero-order valence-corrected chi connectivity index (χ0v) is 46.8. The Morgan fingerprint density at radius 1 is 0.391 bits per heavy atom. The fourth-order valence-corrected chi connectivity index (χ4v) is 9.99. The summed E-state index contributed by atoms with van der Waals surface area (Å²) in [6, 6.07) is -0.622. The molecule has 69 heavy (non-hydrogen) atoms. The Balaban J connectivity index is 3.30. The Kier molecular flexibility index (Phi) is 58.0. The molecule has 0 rings (SSSR count). The first-order chi connectivity index (χ1) is 34.0. The molecule has 0 aromatic carbocycles. The average Bonchev–Trinajstić information content (AvgIpc) is 3.35. The van der Waals surface area contributed by atoms with Crippen LogP contribution in [0.2, 0.25) is 0 Å². The summed E-state index contributed by atoms with van der Waals surface area (Å²) in [7, 11) is 0. The van der Waals surface area contributed by atoms with Crippen LogP contribution in [0.25, 0.3) is 0 Å². The third kappa shape index (κ3) is 55.8. The Morgan fingerprint density at radius 2 is 0.667 bits per heavy atom. The van der Waals surface area contributed by atoms with E-state index in [0.29, 0.717) is 19.4 Å². The van der Waals surface area contributed by atoms with E-state index in [1.54, 1.807) is 6.08 Å². The molecular weight excluding hydrogens is 851 g/mol. The number of amides is 1. The van der Waals surface area contributed by atoms with Gasteiger partial charge in [-0.2, -0.15) is 0 Å². The molecule has 3 N–H and O–H groups in total. The maximum absolute atomic E-state index is 12.4. The lowest BCUT2D eigenvalue weighted by Crippen LogP contribution is -2.45. The van der Waals surface area contributed by atoms with Gasteiger partial charge < -0.3 is 20.3 Å². The minimum Gasteiger partial charge on any atom is -0.466 e. The molecule has 0 radical (unpaired) electrons. The second-order valence-corrected chi connectivity index (χ2v) is 21.8. The van der Waals surface area contributed by atoms with Gasteiger partial charge in [0.05, 0.1) is 25.4 Å². The SMILES string of the molecule is CCCCCCCCC/C=C/C(O)C(CO)NC(=O)CCCCCCCCCCCCCCCCCCCCCCCCCCCCCCCOC(=O)CCCCCCCCCCCCCCCC. The van der Waals surface area contributed by atoms with Gasteiger partial charge in [0.1, 0.15) is 0 Å². The number of rotatable bonds is 59. The van der Waals surface area contributed by atoms with Crippen LogP contribution in [0.4, 0.5) is 0 Å². The van der Waals surface area contributed by atoms with E-state index in [-0.39, 0.29) is 18.5 Å². The van der Waals surface area contributed by atoms with Gasteiger partial charge in [0.15, 0.2) is 0 Å². The normalized spacial score (nSPS) is 12.6. The number of allylic oxidation sites excluding steroid dienone is 1. The summed E-state index contributed by atoms with van der Waals surface area (Å²) in [6.07, 6.45) is 71.4. The van der Waals surface area contributed by atoms with E-state index in [1.807, 2.05) is 6.08 Å². The van der Waals surface area contributed by atoms with Crippen LogP contribution >= 0.6 is 0 Å². The Bertz CT molecular complexity index is 1030. The molecule has 0 bridgehead atoms. The van der Waals surface area contributed by atoms with E-state index >= 15 is 0 Å². The van der Waals surface area contributed by atoms with Crippen LogP contribution in [-0.4, -0.2) is 47.4 Å². The van der Waals surface area contributed by atoms with Crippen LogP contribution in [0.15, 0.2) is 12.2 Å². The van der Waals surface area contributed by atoms with Crippen molar-refractivity contribution in [2.24, 2.45) is 0 Å². The second kappa shape index (κ2) is 59.2. The number of hydrogen-bond donors (Lipinski definition) is 3. The number of hydrogen-bond acceptors (Lipinski definition) is 5. The average molecular weight is 975 g/mol. The second-order valence-electron chi connectivity index (χ2n) is 21.8. The van der Waals surface area contributed by atoms with Gasteiger partial charge in [-0.1, -0.05) is 321 Å². The molecule has 0 spiro atoms. The Morgan fingerprint density at radius 3 is 0.986 bits per heavy atom. The number of aliphatic hydroxyl groups is 2. The monoisotopic (exact) mass is 974 g/mol. The van der Waals surface area contributed by atoms with Crippen molar-refractivity contribution < 1.29 is 24.5 Å². The van der Waals surface area contributed by atoms with E-state index in [2.05, 4.69) is 19.2 Å². The number of esters is 1. The van der Waals surface area contributed by atoms with E-state index < -0.39 is 12.1 Å². The van der Waals surface area contributed by atoms with E-state index in [1.165, 1.54) is 289 Å². The summed E-state index contributed by atoms with van der Waals surface area (Å²) >= 11 is 0. The number of carbonyl (C=O) groups excluding carboxylic acids is 2. The smallest absolute Gasteiger partial charge is 0.305 e. The summed E-state index contributed by atoms with van der Waals surface area (Å²) in [5.74, 6) is -0.0439. The predicted octanol–water partition coefficient (Wildman–Crippen LogP) is 19.6. The number of nitrogens with one attached hydrogen (secondary N) is 1. The quantitative estimate of drug-likeness (QED) is 0.0321. The van der Waals surface area contributed by atoms with Crippen LogP contribution in [0, 0.1) is 0 Å². The summed E-state index contributed by atoms with van der Waals surface area (Å²) < 4.78 is 5.49. The fourth-order valence-electron chi connectivity index (χ4n) is 9.99. The first-order valence-corrected chi connectivity index (χ1v) is 31.5. The minimum absolute atomic E-state index is 0.0218. The van der Waals surface area contributed by atoms with Crippen LogP contribution in [0.1, 0.15) is 354 Å². The highest BCUT2D eigenvalue weighted by Crippen LogP contribution is 2.18. The summed E-state index contributed by atoms with van der Waals surface area (Å²) in [5.41, 5.74) is 0. The largest absolute Gasteiger partial charge is 0.466 e. The zero-order valence-electron chi connectivity index (χ0n) is 46.8. The van der Waals surface area contributed by atoms with E-state index in [0.717, 1.165) is 38.5 Å². The molecule has 2 atom stereocenters. The van der Waals surface area contributed by atoms with Gasteiger partial charge in [-0.3, -0.25) is 9.59 Å². The van der Waals surface area contributed by atoms with Crippen molar-refractivity contribution in [3.05, 3.63) is 12.2 Å². The zero-order chi connectivity index (χ0) is 50.0. The standard InChI is InChI=1S/C63H123NO5/c1-3-5-7-9-11-13-14-15-34-37-41-45-49-53-57-63(68)69-58-54-50-46-42-38-35-32-30-28-26-24-22-20-18-16-17-19-21-23-25-27-29-31-33-36-40-44-48-52-56-62(67)64-60(59-65)61(66)55-51-47-43-39-12-10-8-6-4-2/h51,55,60-61,65-66H,3-50,52-54,56-59H2,1-2H3,(H,64,67)/b55-51+. The maximum Gasteiger partial charge on any atom is 0.305 e. The number of unbranched alkanes of at least 4 members (excludes halogenated alkanes) is 48. The molecule has 2 unspecified atom stereocenters. The topological polar surface area (TPSA) is 95.9 Å². The molecular formula is C63H123NO5. The highest BCUT2D eigenvalue weighted by atomic mass is 16.5.